The Morgan fingerprint density at radius 3 is 1.63 bits per heavy atom. The third-order valence-electron chi connectivity index (χ3n) is 5.74. The molecule has 0 aromatic heterocycles. The number of nitro benzene ring substituents is 2. The number of carboxylic acids is 1. The van der Waals surface area contributed by atoms with Crippen LogP contribution >= 0.6 is 0 Å². The standard InChI is InChI=1S/C13H16N2O5.C11H12N2O5/c1-2-20-13(16)10-7-11(9-12(8-10)15(17)18)14-3-5-19-6-4-14;14-11(15)8-5-9(7-10(6-8)13(16)17)12-1-3-18-4-2-12/h7-9H,2-6H2,1H3;5-7H,1-4H2,(H,14,15). The number of aromatic carboxylic acids is 1. The van der Waals surface area contributed by atoms with E-state index in [4.69, 9.17) is 19.3 Å². The molecule has 2 aliphatic heterocycles. The molecule has 2 saturated heterocycles. The Bertz CT molecular complexity index is 1140. The fourth-order valence-corrected chi connectivity index (χ4v) is 3.87. The predicted molar refractivity (Wildman–Crippen MR) is 135 cm³/mol. The highest BCUT2D eigenvalue weighted by Crippen LogP contribution is 2.26. The molecule has 38 heavy (non-hydrogen) atoms. The average molecular weight is 533 g/mol. The van der Waals surface area contributed by atoms with Crippen LogP contribution in [0.4, 0.5) is 22.7 Å². The molecule has 2 fully saturated rings. The van der Waals surface area contributed by atoms with Gasteiger partial charge in [0.1, 0.15) is 0 Å². The second-order valence-corrected chi connectivity index (χ2v) is 8.21. The quantitative estimate of drug-likeness (QED) is 0.314. The maximum Gasteiger partial charge on any atom is 0.338 e. The molecule has 14 nitrogen and oxygen atoms in total. The number of carbonyl (C=O) groups is 2. The zero-order chi connectivity index (χ0) is 27.7. The van der Waals surface area contributed by atoms with Crippen molar-refractivity contribution in [1.29, 1.82) is 0 Å². The summed E-state index contributed by atoms with van der Waals surface area (Å²) in [6.07, 6.45) is 0. The number of hydrogen-bond donors (Lipinski definition) is 1. The smallest absolute Gasteiger partial charge is 0.338 e. The van der Waals surface area contributed by atoms with E-state index in [9.17, 15) is 29.8 Å². The van der Waals surface area contributed by atoms with Gasteiger partial charge in [-0.3, -0.25) is 20.2 Å². The molecule has 204 valence electrons. The molecule has 2 heterocycles. The molecular formula is C24H28N4O10. The second-order valence-electron chi connectivity index (χ2n) is 8.21. The van der Waals surface area contributed by atoms with E-state index in [1.807, 2.05) is 9.80 Å². The lowest BCUT2D eigenvalue weighted by Gasteiger charge is -2.28. The Labute approximate surface area is 217 Å². The summed E-state index contributed by atoms with van der Waals surface area (Å²) in [7, 11) is 0. The largest absolute Gasteiger partial charge is 0.478 e. The highest BCUT2D eigenvalue weighted by Gasteiger charge is 2.20. The van der Waals surface area contributed by atoms with E-state index < -0.39 is 21.8 Å². The third-order valence-corrected chi connectivity index (χ3v) is 5.74. The Morgan fingerprint density at radius 1 is 0.816 bits per heavy atom. The Kier molecular flexibility index (Phi) is 9.90. The van der Waals surface area contributed by atoms with Crippen molar-refractivity contribution in [2.75, 3.05) is 69.0 Å². The van der Waals surface area contributed by atoms with E-state index in [0.29, 0.717) is 64.0 Å². The lowest BCUT2D eigenvalue weighted by molar-refractivity contribution is -0.385. The average Bonchev–Trinajstić information content (AvgIpc) is 2.94. The molecule has 0 atom stereocenters. The van der Waals surface area contributed by atoms with Crippen molar-refractivity contribution in [3.63, 3.8) is 0 Å². The monoisotopic (exact) mass is 532 g/mol. The topological polar surface area (TPSA) is 175 Å². The van der Waals surface area contributed by atoms with Gasteiger partial charge in [0, 0.05) is 61.8 Å². The van der Waals surface area contributed by atoms with Crippen LogP contribution in [-0.4, -0.2) is 86.1 Å². The molecule has 0 saturated carbocycles. The van der Waals surface area contributed by atoms with Crippen molar-refractivity contribution in [3.8, 4) is 0 Å². The lowest BCUT2D eigenvalue weighted by atomic mass is 10.1. The number of hydrogen-bond acceptors (Lipinski definition) is 11. The minimum absolute atomic E-state index is 0.0781. The van der Waals surface area contributed by atoms with Crippen LogP contribution in [0.3, 0.4) is 0 Å². The predicted octanol–water partition coefficient (Wildman–Crippen LogP) is 2.74. The first-order chi connectivity index (χ1) is 18.2. The maximum absolute atomic E-state index is 11.8. The van der Waals surface area contributed by atoms with Crippen molar-refractivity contribution < 1.29 is 38.8 Å². The Morgan fingerprint density at radius 2 is 1.24 bits per heavy atom. The van der Waals surface area contributed by atoms with Crippen LogP contribution in [-0.2, 0) is 14.2 Å². The van der Waals surface area contributed by atoms with Crippen LogP contribution in [0.15, 0.2) is 36.4 Å². The molecule has 0 unspecified atom stereocenters. The molecule has 2 aromatic carbocycles. The first-order valence-electron chi connectivity index (χ1n) is 11.8. The summed E-state index contributed by atoms with van der Waals surface area (Å²) in [5.74, 6) is -1.72. The first-order valence-corrected chi connectivity index (χ1v) is 11.8. The minimum Gasteiger partial charge on any atom is -0.478 e. The zero-order valence-electron chi connectivity index (χ0n) is 20.7. The Hall–Kier alpha value is -4.30. The number of benzene rings is 2. The molecule has 4 rings (SSSR count). The fraction of sp³-hybridized carbons (Fsp3) is 0.417. The maximum atomic E-state index is 11.8. The number of carboxylic acid groups (broad SMARTS) is 1. The molecule has 0 bridgehead atoms. The summed E-state index contributed by atoms with van der Waals surface area (Å²) in [6.45, 7) is 6.60. The summed E-state index contributed by atoms with van der Waals surface area (Å²) >= 11 is 0. The van der Waals surface area contributed by atoms with Crippen molar-refractivity contribution in [1.82, 2.24) is 0 Å². The van der Waals surface area contributed by atoms with E-state index in [2.05, 4.69) is 0 Å². The van der Waals surface area contributed by atoms with Gasteiger partial charge in [0.05, 0.1) is 54.0 Å². The summed E-state index contributed by atoms with van der Waals surface area (Å²) in [5.41, 5.74) is 0.983. The molecule has 0 aliphatic carbocycles. The van der Waals surface area contributed by atoms with Gasteiger partial charge in [0.2, 0.25) is 0 Å². The van der Waals surface area contributed by atoms with Gasteiger partial charge in [-0.05, 0) is 19.1 Å². The normalized spacial score (nSPS) is 15.2. The number of carbonyl (C=O) groups excluding carboxylic acids is 1. The highest BCUT2D eigenvalue weighted by atomic mass is 16.6. The number of morpholine rings is 2. The number of nitro groups is 2. The van der Waals surface area contributed by atoms with Crippen LogP contribution in [0.5, 0.6) is 0 Å². The number of nitrogens with zero attached hydrogens (tertiary/aromatic N) is 4. The van der Waals surface area contributed by atoms with Gasteiger partial charge < -0.3 is 29.1 Å². The highest BCUT2D eigenvalue weighted by molar-refractivity contribution is 5.92. The number of rotatable bonds is 7. The molecule has 0 amide bonds. The second kappa shape index (κ2) is 13.3. The van der Waals surface area contributed by atoms with Gasteiger partial charge in [-0.25, -0.2) is 9.59 Å². The van der Waals surface area contributed by atoms with Crippen LogP contribution < -0.4 is 9.80 Å². The molecule has 0 spiro atoms. The minimum atomic E-state index is -1.17. The van der Waals surface area contributed by atoms with E-state index in [-0.39, 0.29) is 29.1 Å². The summed E-state index contributed by atoms with van der Waals surface area (Å²) < 4.78 is 15.3. The van der Waals surface area contributed by atoms with E-state index in [0.717, 1.165) is 6.07 Å². The summed E-state index contributed by atoms with van der Waals surface area (Å²) in [6, 6.07) is 8.22. The van der Waals surface area contributed by atoms with Gasteiger partial charge in [0.25, 0.3) is 11.4 Å². The third kappa shape index (κ3) is 7.60. The Balaban J connectivity index is 0.000000212. The first kappa shape index (κ1) is 28.3. The number of anilines is 2. The van der Waals surface area contributed by atoms with Crippen molar-refractivity contribution in [3.05, 3.63) is 67.8 Å². The molecule has 2 aliphatic rings. The SMILES string of the molecule is CCOC(=O)c1cc(N2CCOCC2)cc([N+](=O)[O-])c1.O=C(O)c1cc(N2CCOCC2)cc([N+](=O)[O-])c1. The van der Waals surface area contributed by atoms with Crippen molar-refractivity contribution >= 4 is 34.7 Å². The van der Waals surface area contributed by atoms with Crippen LogP contribution in [0.25, 0.3) is 0 Å². The van der Waals surface area contributed by atoms with Gasteiger partial charge in [0.15, 0.2) is 0 Å². The molecule has 0 radical (unpaired) electrons. The van der Waals surface area contributed by atoms with Gasteiger partial charge in [-0.1, -0.05) is 0 Å². The number of ether oxygens (including phenoxy) is 3. The fourth-order valence-electron chi connectivity index (χ4n) is 3.87. The van der Waals surface area contributed by atoms with Crippen molar-refractivity contribution in [2.45, 2.75) is 6.92 Å². The van der Waals surface area contributed by atoms with Gasteiger partial charge in [-0.15, -0.1) is 0 Å². The molecule has 14 heteroatoms. The zero-order valence-corrected chi connectivity index (χ0v) is 20.7. The molecule has 1 N–H and O–H groups in total. The molecular weight excluding hydrogens is 504 g/mol. The van der Waals surface area contributed by atoms with Crippen molar-refractivity contribution in [2.24, 2.45) is 0 Å². The van der Waals surface area contributed by atoms with Gasteiger partial charge >= 0.3 is 11.9 Å². The van der Waals surface area contributed by atoms with Crippen LogP contribution in [0, 0.1) is 20.2 Å². The summed E-state index contributed by atoms with van der Waals surface area (Å²) in [4.78, 5) is 47.2. The van der Waals surface area contributed by atoms with Gasteiger partial charge in [-0.2, -0.15) is 0 Å². The van der Waals surface area contributed by atoms with E-state index >= 15 is 0 Å². The number of non-ortho nitro benzene ring substituents is 2. The molecule has 2 aromatic rings. The van der Waals surface area contributed by atoms with E-state index in [1.54, 1.807) is 13.0 Å². The van der Waals surface area contributed by atoms with E-state index in [1.165, 1.54) is 24.3 Å². The van der Waals surface area contributed by atoms with Crippen LogP contribution in [0.1, 0.15) is 27.6 Å². The van der Waals surface area contributed by atoms with Crippen LogP contribution in [0.2, 0.25) is 0 Å². The lowest BCUT2D eigenvalue weighted by Crippen LogP contribution is -2.36. The number of esters is 1. The summed E-state index contributed by atoms with van der Waals surface area (Å²) in [5, 5.41) is 30.7.